The molecule has 0 N–H and O–H groups in total. The van der Waals surface area contributed by atoms with Gasteiger partial charge in [0.25, 0.3) is 0 Å². The first-order valence-corrected chi connectivity index (χ1v) is 8.77. The number of ether oxygens (including phenoxy) is 2. The minimum atomic E-state index is -0.229. The van der Waals surface area contributed by atoms with Gasteiger partial charge in [-0.15, -0.1) is 0 Å². The lowest BCUT2D eigenvalue weighted by atomic mass is 9.87. The van der Waals surface area contributed by atoms with E-state index < -0.39 is 0 Å². The molecule has 0 aromatic heterocycles. The Hall–Kier alpha value is -2.29. The third-order valence-corrected chi connectivity index (χ3v) is 4.07. The molecule has 0 aliphatic heterocycles. The molecule has 0 fully saturated rings. The minimum Gasteiger partial charge on any atom is -0.493 e. The van der Waals surface area contributed by atoms with Gasteiger partial charge in [-0.25, -0.2) is 0 Å². The summed E-state index contributed by atoms with van der Waals surface area (Å²) in [5, 5.41) is 0. The highest BCUT2D eigenvalue weighted by Crippen LogP contribution is 2.24. The van der Waals surface area contributed by atoms with Gasteiger partial charge in [-0.05, 0) is 55.0 Å². The first-order valence-electron chi connectivity index (χ1n) is 8.77. The quantitative estimate of drug-likeness (QED) is 0.403. The summed E-state index contributed by atoms with van der Waals surface area (Å²) in [6, 6.07) is 13.8. The van der Waals surface area contributed by atoms with E-state index in [1.54, 1.807) is 0 Å². The molecule has 0 bridgehead atoms. The average Bonchev–Trinajstić information content (AvgIpc) is 2.53. The highest BCUT2D eigenvalue weighted by Gasteiger charge is 2.13. The Kier molecular flexibility index (Phi) is 6.24. The van der Waals surface area contributed by atoms with Crippen molar-refractivity contribution in [2.45, 2.75) is 52.9 Å². The van der Waals surface area contributed by atoms with Crippen molar-refractivity contribution in [1.29, 1.82) is 0 Å². The summed E-state index contributed by atoms with van der Waals surface area (Å²) in [5.74, 6) is 1.23. The lowest BCUT2D eigenvalue weighted by Crippen LogP contribution is -2.12. The maximum atomic E-state index is 11.9. The van der Waals surface area contributed by atoms with Crippen LogP contribution in [0.4, 0.5) is 0 Å². The van der Waals surface area contributed by atoms with Crippen molar-refractivity contribution in [1.82, 2.24) is 0 Å². The Morgan fingerprint density at radius 2 is 1.68 bits per heavy atom. The van der Waals surface area contributed by atoms with Crippen LogP contribution < -0.4 is 9.47 Å². The van der Waals surface area contributed by atoms with E-state index in [-0.39, 0.29) is 11.4 Å². The van der Waals surface area contributed by atoms with Crippen molar-refractivity contribution in [3.63, 3.8) is 0 Å². The Labute approximate surface area is 151 Å². The molecule has 0 aliphatic rings. The second-order valence-electron chi connectivity index (χ2n) is 7.47. The zero-order valence-corrected chi connectivity index (χ0v) is 15.9. The second kappa shape index (κ2) is 8.19. The van der Waals surface area contributed by atoms with E-state index in [1.165, 1.54) is 11.1 Å². The van der Waals surface area contributed by atoms with Crippen LogP contribution >= 0.6 is 0 Å². The first-order chi connectivity index (χ1) is 11.8. The highest BCUT2D eigenvalue weighted by atomic mass is 16.5. The summed E-state index contributed by atoms with van der Waals surface area (Å²) >= 11 is 0. The molecule has 0 heterocycles. The van der Waals surface area contributed by atoms with Crippen molar-refractivity contribution in [3.05, 3.63) is 59.2 Å². The summed E-state index contributed by atoms with van der Waals surface area (Å²) in [6.45, 7) is 11.1. The van der Waals surface area contributed by atoms with Gasteiger partial charge in [-0.1, -0.05) is 50.6 Å². The third kappa shape index (κ3) is 5.93. The largest absolute Gasteiger partial charge is 0.493 e. The van der Waals surface area contributed by atoms with Crippen LogP contribution in [0.25, 0.3) is 0 Å². The predicted molar refractivity (Wildman–Crippen MR) is 101 cm³/mol. The molecule has 134 valence electrons. The molecule has 0 unspecified atom stereocenters. The van der Waals surface area contributed by atoms with Crippen molar-refractivity contribution in [2.75, 3.05) is 6.61 Å². The molecule has 3 nitrogen and oxygen atoms in total. The van der Waals surface area contributed by atoms with Crippen molar-refractivity contribution >= 4 is 5.97 Å². The normalized spacial score (nSPS) is 11.2. The lowest BCUT2D eigenvalue weighted by molar-refractivity contribution is -0.134. The number of hydrogen-bond donors (Lipinski definition) is 0. The Morgan fingerprint density at radius 1 is 1.00 bits per heavy atom. The van der Waals surface area contributed by atoms with Crippen LogP contribution in [-0.2, 0) is 10.2 Å². The van der Waals surface area contributed by atoms with Gasteiger partial charge in [-0.2, -0.15) is 0 Å². The molecule has 0 atom stereocenters. The van der Waals surface area contributed by atoms with Gasteiger partial charge in [0.15, 0.2) is 0 Å². The van der Waals surface area contributed by atoms with Gasteiger partial charge in [-0.3, -0.25) is 4.79 Å². The predicted octanol–water partition coefficient (Wildman–Crippen LogP) is 5.37. The van der Waals surface area contributed by atoms with E-state index in [0.717, 1.165) is 11.3 Å². The molecule has 2 aromatic carbocycles. The summed E-state index contributed by atoms with van der Waals surface area (Å²) in [4.78, 5) is 11.9. The standard InChI is InChI=1S/C22H28O3/c1-16-8-13-20(17(2)15-16)24-14-6-7-21(23)25-19-11-9-18(10-12-19)22(3,4)5/h8-13,15H,6-7,14H2,1-5H3. The van der Waals surface area contributed by atoms with E-state index in [0.29, 0.717) is 25.2 Å². The molecular formula is C22H28O3. The van der Waals surface area contributed by atoms with E-state index in [4.69, 9.17) is 9.47 Å². The summed E-state index contributed by atoms with van der Waals surface area (Å²) < 4.78 is 11.1. The monoisotopic (exact) mass is 340 g/mol. The van der Waals surface area contributed by atoms with Crippen molar-refractivity contribution in [2.24, 2.45) is 0 Å². The van der Waals surface area contributed by atoms with E-state index >= 15 is 0 Å². The molecule has 0 spiro atoms. The Bertz CT molecular complexity index is 709. The molecular weight excluding hydrogens is 312 g/mol. The summed E-state index contributed by atoms with van der Waals surface area (Å²) in [7, 11) is 0. The number of hydrogen-bond acceptors (Lipinski definition) is 3. The smallest absolute Gasteiger partial charge is 0.311 e. The number of aryl methyl sites for hydroxylation is 2. The number of esters is 1. The molecule has 0 amide bonds. The number of carbonyl (C=O) groups is 1. The molecule has 0 saturated heterocycles. The van der Waals surface area contributed by atoms with E-state index in [2.05, 4.69) is 33.8 Å². The fraction of sp³-hybridized carbons (Fsp3) is 0.409. The Balaban J connectivity index is 1.75. The van der Waals surface area contributed by atoms with Crippen LogP contribution in [0.5, 0.6) is 11.5 Å². The van der Waals surface area contributed by atoms with Crippen LogP contribution in [0.2, 0.25) is 0 Å². The molecule has 3 heteroatoms. The molecule has 25 heavy (non-hydrogen) atoms. The second-order valence-corrected chi connectivity index (χ2v) is 7.47. The fourth-order valence-corrected chi connectivity index (χ4v) is 2.57. The summed E-state index contributed by atoms with van der Waals surface area (Å²) in [5.41, 5.74) is 3.63. The number of rotatable bonds is 6. The van der Waals surface area contributed by atoms with Gasteiger partial charge >= 0.3 is 5.97 Å². The maximum Gasteiger partial charge on any atom is 0.311 e. The van der Waals surface area contributed by atoms with Gasteiger partial charge in [0, 0.05) is 6.42 Å². The number of benzene rings is 2. The third-order valence-electron chi connectivity index (χ3n) is 4.07. The molecule has 2 rings (SSSR count). The molecule has 2 aromatic rings. The van der Waals surface area contributed by atoms with Crippen LogP contribution in [0.1, 0.15) is 50.3 Å². The molecule has 0 radical (unpaired) electrons. The fourth-order valence-electron chi connectivity index (χ4n) is 2.57. The van der Waals surface area contributed by atoms with Gasteiger partial charge in [0.1, 0.15) is 11.5 Å². The van der Waals surface area contributed by atoms with Crippen LogP contribution in [0.15, 0.2) is 42.5 Å². The number of carbonyl (C=O) groups excluding carboxylic acids is 1. The van der Waals surface area contributed by atoms with Gasteiger partial charge in [0.2, 0.25) is 0 Å². The first kappa shape index (κ1) is 19.0. The maximum absolute atomic E-state index is 11.9. The van der Waals surface area contributed by atoms with Crippen LogP contribution in [0.3, 0.4) is 0 Å². The van der Waals surface area contributed by atoms with E-state index in [9.17, 15) is 4.79 Å². The molecule has 0 aliphatic carbocycles. The molecule has 0 saturated carbocycles. The minimum absolute atomic E-state index is 0.0913. The summed E-state index contributed by atoms with van der Waals surface area (Å²) in [6.07, 6.45) is 0.970. The SMILES string of the molecule is Cc1ccc(OCCCC(=O)Oc2ccc(C(C)(C)C)cc2)c(C)c1. The topological polar surface area (TPSA) is 35.5 Å². The van der Waals surface area contributed by atoms with E-state index in [1.807, 2.05) is 43.3 Å². The highest BCUT2D eigenvalue weighted by molar-refractivity contribution is 5.72. The average molecular weight is 340 g/mol. The van der Waals surface area contributed by atoms with Gasteiger partial charge < -0.3 is 9.47 Å². The van der Waals surface area contributed by atoms with Gasteiger partial charge in [0.05, 0.1) is 6.61 Å². The van der Waals surface area contributed by atoms with Crippen LogP contribution in [-0.4, -0.2) is 12.6 Å². The van der Waals surface area contributed by atoms with Crippen molar-refractivity contribution in [3.8, 4) is 11.5 Å². The zero-order chi connectivity index (χ0) is 18.4. The lowest BCUT2D eigenvalue weighted by Gasteiger charge is -2.19. The van der Waals surface area contributed by atoms with Crippen LogP contribution in [0, 0.1) is 13.8 Å². The van der Waals surface area contributed by atoms with Crippen molar-refractivity contribution < 1.29 is 14.3 Å². The zero-order valence-electron chi connectivity index (χ0n) is 15.9. The Morgan fingerprint density at radius 3 is 2.28 bits per heavy atom.